The molecular weight excluding hydrogens is 358 g/mol. The van der Waals surface area contributed by atoms with Gasteiger partial charge in [-0.2, -0.15) is 0 Å². The SMILES string of the molecule is O=C(NCC(=O)N1CCN(C(=O)c2ccccc2)CC1)OCc1ccccc1. The number of benzene rings is 2. The van der Waals surface area contributed by atoms with E-state index >= 15 is 0 Å². The lowest BCUT2D eigenvalue weighted by molar-refractivity contribution is -0.131. The van der Waals surface area contributed by atoms with Gasteiger partial charge >= 0.3 is 6.09 Å². The fraction of sp³-hybridized carbons (Fsp3) is 0.286. The third kappa shape index (κ3) is 5.33. The number of carbonyl (C=O) groups is 3. The van der Waals surface area contributed by atoms with Gasteiger partial charge in [-0.15, -0.1) is 0 Å². The summed E-state index contributed by atoms with van der Waals surface area (Å²) in [4.78, 5) is 39.8. The van der Waals surface area contributed by atoms with E-state index in [-0.39, 0.29) is 25.0 Å². The third-order valence-electron chi connectivity index (χ3n) is 4.54. The van der Waals surface area contributed by atoms with Crippen LogP contribution in [0.1, 0.15) is 15.9 Å². The predicted molar refractivity (Wildman–Crippen MR) is 104 cm³/mol. The maximum Gasteiger partial charge on any atom is 0.407 e. The Morgan fingerprint density at radius 1 is 0.821 bits per heavy atom. The number of alkyl carbamates (subject to hydrolysis) is 1. The normalized spacial score (nSPS) is 13.7. The fourth-order valence-corrected chi connectivity index (χ4v) is 2.96. The molecule has 7 heteroatoms. The molecular formula is C21H23N3O4. The van der Waals surface area contributed by atoms with Gasteiger partial charge in [0.1, 0.15) is 13.2 Å². The lowest BCUT2D eigenvalue weighted by atomic mass is 10.2. The molecule has 1 aliphatic heterocycles. The molecule has 0 saturated carbocycles. The molecule has 1 aliphatic rings. The molecule has 1 heterocycles. The predicted octanol–water partition coefficient (Wildman–Crippen LogP) is 1.90. The van der Waals surface area contributed by atoms with Crippen molar-refractivity contribution in [3.8, 4) is 0 Å². The highest BCUT2D eigenvalue weighted by atomic mass is 16.5. The summed E-state index contributed by atoms with van der Waals surface area (Å²) in [7, 11) is 0. The molecule has 0 aromatic heterocycles. The molecule has 3 amide bonds. The van der Waals surface area contributed by atoms with Crippen LogP contribution >= 0.6 is 0 Å². The van der Waals surface area contributed by atoms with Gasteiger partial charge in [0.2, 0.25) is 5.91 Å². The van der Waals surface area contributed by atoms with Crippen LogP contribution in [0, 0.1) is 0 Å². The zero-order valence-corrected chi connectivity index (χ0v) is 15.5. The molecule has 0 bridgehead atoms. The van der Waals surface area contributed by atoms with Gasteiger partial charge in [-0.05, 0) is 17.7 Å². The van der Waals surface area contributed by atoms with Gasteiger partial charge in [0.05, 0.1) is 0 Å². The first kappa shape index (κ1) is 19.4. The van der Waals surface area contributed by atoms with Gasteiger partial charge < -0.3 is 19.9 Å². The quantitative estimate of drug-likeness (QED) is 0.858. The van der Waals surface area contributed by atoms with Crippen LogP contribution in [0.25, 0.3) is 0 Å². The summed E-state index contributed by atoms with van der Waals surface area (Å²) in [5.41, 5.74) is 1.52. The second-order valence-corrected chi connectivity index (χ2v) is 6.45. The highest BCUT2D eigenvalue weighted by Gasteiger charge is 2.24. The van der Waals surface area contributed by atoms with Crippen molar-refractivity contribution in [2.75, 3.05) is 32.7 Å². The Bertz CT molecular complexity index is 803. The number of rotatable bonds is 5. The number of hydrogen-bond acceptors (Lipinski definition) is 4. The van der Waals surface area contributed by atoms with Crippen molar-refractivity contribution in [1.29, 1.82) is 0 Å². The number of hydrogen-bond donors (Lipinski definition) is 1. The van der Waals surface area contributed by atoms with Crippen molar-refractivity contribution < 1.29 is 19.1 Å². The molecule has 1 N–H and O–H groups in total. The molecule has 0 aliphatic carbocycles. The zero-order valence-electron chi connectivity index (χ0n) is 15.5. The minimum atomic E-state index is -0.630. The van der Waals surface area contributed by atoms with Crippen molar-refractivity contribution in [2.24, 2.45) is 0 Å². The number of nitrogens with zero attached hydrogens (tertiary/aromatic N) is 2. The van der Waals surface area contributed by atoms with Gasteiger partial charge in [0.25, 0.3) is 5.91 Å². The van der Waals surface area contributed by atoms with Crippen LogP contribution in [0.5, 0.6) is 0 Å². The molecule has 0 spiro atoms. The molecule has 2 aromatic rings. The number of amides is 3. The van der Waals surface area contributed by atoms with E-state index in [9.17, 15) is 14.4 Å². The van der Waals surface area contributed by atoms with Crippen molar-refractivity contribution in [3.63, 3.8) is 0 Å². The Morgan fingerprint density at radius 2 is 1.39 bits per heavy atom. The van der Waals surface area contributed by atoms with E-state index in [1.165, 1.54) is 0 Å². The maximum atomic E-state index is 12.4. The van der Waals surface area contributed by atoms with Crippen LogP contribution in [0.2, 0.25) is 0 Å². The standard InChI is InChI=1S/C21H23N3O4/c25-19(15-22-21(27)28-16-17-7-3-1-4-8-17)23-11-13-24(14-12-23)20(26)18-9-5-2-6-10-18/h1-10H,11-16H2,(H,22,27). The van der Waals surface area contributed by atoms with Crippen LogP contribution in [0.3, 0.4) is 0 Å². The Labute approximate surface area is 163 Å². The maximum absolute atomic E-state index is 12.4. The number of piperazine rings is 1. The van der Waals surface area contributed by atoms with E-state index in [1.807, 2.05) is 48.5 Å². The van der Waals surface area contributed by atoms with Crippen molar-refractivity contribution in [3.05, 3.63) is 71.8 Å². The Hall–Kier alpha value is -3.35. The molecule has 3 rings (SSSR count). The molecule has 2 aromatic carbocycles. The van der Waals surface area contributed by atoms with Gasteiger partial charge in [-0.25, -0.2) is 4.79 Å². The highest BCUT2D eigenvalue weighted by molar-refractivity contribution is 5.94. The molecule has 0 unspecified atom stereocenters. The minimum absolute atomic E-state index is 0.0321. The average molecular weight is 381 g/mol. The minimum Gasteiger partial charge on any atom is -0.445 e. The van der Waals surface area contributed by atoms with Gasteiger partial charge in [0, 0.05) is 31.7 Å². The summed E-state index contributed by atoms with van der Waals surface area (Å²) < 4.78 is 5.09. The van der Waals surface area contributed by atoms with E-state index in [1.54, 1.807) is 21.9 Å². The smallest absolute Gasteiger partial charge is 0.407 e. The lowest BCUT2D eigenvalue weighted by Gasteiger charge is -2.34. The van der Waals surface area contributed by atoms with Gasteiger partial charge in [-0.3, -0.25) is 9.59 Å². The Kier molecular flexibility index (Phi) is 6.62. The first-order chi connectivity index (χ1) is 13.6. The molecule has 28 heavy (non-hydrogen) atoms. The van der Waals surface area contributed by atoms with E-state index < -0.39 is 6.09 Å². The first-order valence-electron chi connectivity index (χ1n) is 9.20. The van der Waals surface area contributed by atoms with Gasteiger partial charge in [-0.1, -0.05) is 48.5 Å². The van der Waals surface area contributed by atoms with Crippen molar-refractivity contribution in [1.82, 2.24) is 15.1 Å². The van der Waals surface area contributed by atoms with Crippen molar-refractivity contribution in [2.45, 2.75) is 6.61 Å². The Balaban J connectivity index is 1.38. The molecule has 0 atom stereocenters. The summed E-state index contributed by atoms with van der Waals surface area (Å²) in [5.74, 6) is -0.223. The molecule has 146 valence electrons. The van der Waals surface area contributed by atoms with Crippen LogP contribution < -0.4 is 5.32 Å². The van der Waals surface area contributed by atoms with Crippen LogP contribution in [-0.4, -0.2) is 60.4 Å². The summed E-state index contributed by atoms with van der Waals surface area (Å²) in [6, 6.07) is 18.4. The van der Waals surface area contributed by atoms with E-state index in [2.05, 4.69) is 5.32 Å². The molecule has 7 nitrogen and oxygen atoms in total. The third-order valence-corrected chi connectivity index (χ3v) is 4.54. The summed E-state index contributed by atoms with van der Waals surface area (Å²) in [5, 5.41) is 2.48. The molecule has 1 fully saturated rings. The summed E-state index contributed by atoms with van der Waals surface area (Å²) >= 11 is 0. The lowest BCUT2D eigenvalue weighted by Crippen LogP contribution is -2.52. The van der Waals surface area contributed by atoms with E-state index in [0.717, 1.165) is 5.56 Å². The monoisotopic (exact) mass is 381 g/mol. The van der Waals surface area contributed by atoms with Gasteiger partial charge in [0.15, 0.2) is 0 Å². The van der Waals surface area contributed by atoms with E-state index in [4.69, 9.17) is 4.74 Å². The summed E-state index contributed by atoms with van der Waals surface area (Å²) in [6.45, 7) is 1.85. The first-order valence-corrected chi connectivity index (χ1v) is 9.20. The molecule has 1 saturated heterocycles. The average Bonchev–Trinajstić information content (AvgIpc) is 2.77. The molecule has 0 radical (unpaired) electrons. The number of nitrogens with one attached hydrogen (secondary N) is 1. The number of ether oxygens (including phenoxy) is 1. The topological polar surface area (TPSA) is 79.0 Å². The van der Waals surface area contributed by atoms with Crippen LogP contribution in [0.15, 0.2) is 60.7 Å². The van der Waals surface area contributed by atoms with E-state index in [0.29, 0.717) is 31.7 Å². The highest BCUT2D eigenvalue weighted by Crippen LogP contribution is 2.09. The second kappa shape index (κ2) is 9.55. The number of carbonyl (C=O) groups excluding carboxylic acids is 3. The fourth-order valence-electron chi connectivity index (χ4n) is 2.96. The zero-order chi connectivity index (χ0) is 19.8. The van der Waals surface area contributed by atoms with Crippen molar-refractivity contribution >= 4 is 17.9 Å². The van der Waals surface area contributed by atoms with Crippen LogP contribution in [0.4, 0.5) is 4.79 Å². The summed E-state index contributed by atoms with van der Waals surface area (Å²) in [6.07, 6.45) is -0.630. The Morgan fingerprint density at radius 3 is 2.04 bits per heavy atom. The second-order valence-electron chi connectivity index (χ2n) is 6.45. The largest absolute Gasteiger partial charge is 0.445 e. The van der Waals surface area contributed by atoms with Crippen LogP contribution in [-0.2, 0) is 16.1 Å².